The summed E-state index contributed by atoms with van der Waals surface area (Å²) in [6, 6.07) is 19.5. The Balaban J connectivity index is 1.38. The molecule has 0 aliphatic heterocycles. The van der Waals surface area contributed by atoms with Gasteiger partial charge in [-0.3, -0.25) is 4.79 Å². The number of hydrogen-bond acceptors (Lipinski definition) is 6. The molecule has 3 aromatic heterocycles. The lowest BCUT2D eigenvalue weighted by Crippen LogP contribution is -2.45. The van der Waals surface area contributed by atoms with Crippen molar-refractivity contribution in [1.82, 2.24) is 25.3 Å². The summed E-state index contributed by atoms with van der Waals surface area (Å²) < 4.78 is 5.59. The van der Waals surface area contributed by atoms with E-state index in [9.17, 15) is 4.79 Å². The molecule has 2 aromatic carbocycles. The lowest BCUT2D eigenvalue weighted by molar-refractivity contribution is 0.0609. The van der Waals surface area contributed by atoms with Crippen molar-refractivity contribution in [3.05, 3.63) is 72.1 Å². The van der Waals surface area contributed by atoms with Crippen LogP contribution in [0.1, 0.15) is 23.1 Å². The van der Waals surface area contributed by atoms with E-state index in [0.29, 0.717) is 23.6 Å². The van der Waals surface area contributed by atoms with Gasteiger partial charge in [0.15, 0.2) is 5.65 Å². The largest absolute Gasteiger partial charge is 0.384 e. The summed E-state index contributed by atoms with van der Waals surface area (Å²) in [4.78, 5) is 30.7. The van der Waals surface area contributed by atoms with E-state index in [0.717, 1.165) is 45.7 Å². The number of anilines is 2. The molecule has 36 heavy (non-hydrogen) atoms. The fraction of sp³-hybridized carbons (Fsp3) is 0.222. The molecule has 9 heteroatoms. The number of ether oxygens (including phenoxy) is 1. The number of pyridine rings is 1. The number of aromatic nitrogens is 4. The number of nitrogens with zero attached hydrogens (tertiary/aromatic N) is 3. The van der Waals surface area contributed by atoms with Gasteiger partial charge >= 0.3 is 0 Å². The molecule has 0 bridgehead atoms. The third-order valence-electron chi connectivity index (χ3n) is 6.24. The first-order valence-corrected chi connectivity index (χ1v) is 11.8. The van der Waals surface area contributed by atoms with Crippen molar-refractivity contribution in [2.24, 2.45) is 0 Å². The first-order chi connectivity index (χ1) is 17.4. The number of aryl methyl sites for hydroxylation is 1. The lowest BCUT2D eigenvalue weighted by Gasteiger charge is -2.28. The molecule has 0 spiro atoms. The molecule has 5 N–H and O–H groups in total. The number of fused-ring (bicyclic) bond motifs is 2. The molecule has 0 aliphatic rings. The fourth-order valence-corrected chi connectivity index (χ4v) is 4.42. The molecule has 0 saturated carbocycles. The van der Waals surface area contributed by atoms with Crippen LogP contribution in [-0.4, -0.2) is 52.3 Å². The summed E-state index contributed by atoms with van der Waals surface area (Å²) in [6.07, 6.45) is -0.466. The number of hydrogen-bond donors (Lipinski definition) is 4. The molecule has 5 rings (SSSR count). The number of imidazole rings is 1. The van der Waals surface area contributed by atoms with Crippen LogP contribution in [0.5, 0.6) is 0 Å². The number of nitrogens with two attached hydrogens (primary N) is 1. The molecule has 1 atom stereocenters. The smallest absolute Gasteiger partial charge is 0.253 e. The normalized spacial score (nSPS) is 12.2. The van der Waals surface area contributed by atoms with Gasteiger partial charge in [0.1, 0.15) is 17.9 Å². The van der Waals surface area contributed by atoms with E-state index in [1.807, 2.05) is 61.5 Å². The fourth-order valence-electron chi connectivity index (χ4n) is 4.42. The summed E-state index contributed by atoms with van der Waals surface area (Å²) in [5.41, 5.74) is 11.7. The summed E-state index contributed by atoms with van der Waals surface area (Å²) in [6.45, 7) is 5.28. The van der Waals surface area contributed by atoms with Crippen LogP contribution < -0.4 is 16.0 Å². The average Bonchev–Trinajstić information content (AvgIpc) is 3.48. The third kappa shape index (κ3) is 4.60. The standard InChI is InChI=1S/C27H29N7O2/c1-4-34(19-8-6-5-7-9-19)15-24(36-3)33-27(35)17-10-11-21-18(12-17)13-22(31-21)20-14-23(28)32-26-25(20)29-16(2)30-26/h5-14,24,31H,4,15H2,1-3H3,(H,33,35)(H3,28,29,30,32). The summed E-state index contributed by atoms with van der Waals surface area (Å²) in [5.74, 6) is 0.960. The Labute approximate surface area is 208 Å². The zero-order chi connectivity index (χ0) is 25.2. The van der Waals surface area contributed by atoms with E-state index in [4.69, 9.17) is 10.5 Å². The molecular formula is C27H29N7O2. The van der Waals surface area contributed by atoms with E-state index >= 15 is 0 Å². The van der Waals surface area contributed by atoms with Crippen molar-refractivity contribution in [2.75, 3.05) is 30.8 Å². The van der Waals surface area contributed by atoms with Crippen LogP contribution in [0.25, 0.3) is 33.3 Å². The maximum atomic E-state index is 13.1. The first kappa shape index (κ1) is 23.4. The quantitative estimate of drug-likeness (QED) is 0.245. The van der Waals surface area contributed by atoms with Gasteiger partial charge in [0.25, 0.3) is 5.91 Å². The van der Waals surface area contributed by atoms with E-state index in [1.165, 1.54) is 0 Å². The summed E-state index contributed by atoms with van der Waals surface area (Å²) in [7, 11) is 1.60. The zero-order valence-corrected chi connectivity index (χ0v) is 20.5. The molecule has 3 heterocycles. The summed E-state index contributed by atoms with van der Waals surface area (Å²) >= 11 is 0. The van der Waals surface area contributed by atoms with Gasteiger partial charge in [0, 0.05) is 47.1 Å². The van der Waals surface area contributed by atoms with Crippen molar-refractivity contribution in [2.45, 2.75) is 20.1 Å². The predicted molar refractivity (Wildman–Crippen MR) is 143 cm³/mol. The molecule has 9 nitrogen and oxygen atoms in total. The number of carbonyl (C=O) groups excluding carboxylic acids is 1. The number of amides is 1. The van der Waals surface area contributed by atoms with Gasteiger partial charge in [-0.1, -0.05) is 18.2 Å². The number of nitrogen functional groups attached to an aromatic ring is 1. The maximum Gasteiger partial charge on any atom is 0.253 e. The van der Waals surface area contributed by atoms with Crippen molar-refractivity contribution in [3.8, 4) is 11.3 Å². The lowest BCUT2D eigenvalue weighted by atomic mass is 10.1. The second-order valence-corrected chi connectivity index (χ2v) is 8.67. The Morgan fingerprint density at radius 2 is 1.92 bits per heavy atom. The molecule has 5 aromatic rings. The van der Waals surface area contributed by atoms with E-state index in [1.54, 1.807) is 13.2 Å². The molecule has 0 saturated heterocycles. The highest BCUT2D eigenvalue weighted by Gasteiger charge is 2.18. The molecule has 1 unspecified atom stereocenters. The van der Waals surface area contributed by atoms with Crippen molar-refractivity contribution >= 4 is 39.5 Å². The topological polar surface area (TPSA) is 125 Å². The van der Waals surface area contributed by atoms with Gasteiger partial charge in [-0.2, -0.15) is 0 Å². The van der Waals surface area contributed by atoms with Crippen LogP contribution >= 0.6 is 0 Å². The Morgan fingerprint density at radius 3 is 2.67 bits per heavy atom. The van der Waals surface area contributed by atoms with E-state index in [2.05, 4.69) is 37.1 Å². The van der Waals surface area contributed by atoms with Crippen LogP contribution in [0.2, 0.25) is 0 Å². The van der Waals surface area contributed by atoms with Crippen molar-refractivity contribution in [3.63, 3.8) is 0 Å². The van der Waals surface area contributed by atoms with Gasteiger partial charge in [-0.05, 0) is 56.3 Å². The highest BCUT2D eigenvalue weighted by atomic mass is 16.5. The predicted octanol–water partition coefficient (Wildman–Crippen LogP) is 4.23. The Kier molecular flexibility index (Phi) is 6.30. The zero-order valence-electron chi connectivity index (χ0n) is 20.5. The molecular weight excluding hydrogens is 454 g/mol. The summed E-state index contributed by atoms with van der Waals surface area (Å²) in [5, 5.41) is 3.91. The molecule has 1 amide bonds. The number of para-hydroxylation sites is 1. The van der Waals surface area contributed by atoms with Crippen molar-refractivity contribution in [1.29, 1.82) is 0 Å². The minimum absolute atomic E-state index is 0.199. The van der Waals surface area contributed by atoms with Crippen LogP contribution in [0.3, 0.4) is 0 Å². The average molecular weight is 484 g/mol. The minimum Gasteiger partial charge on any atom is -0.384 e. The van der Waals surface area contributed by atoms with Crippen LogP contribution in [0.15, 0.2) is 60.7 Å². The van der Waals surface area contributed by atoms with Gasteiger partial charge in [0.2, 0.25) is 0 Å². The number of methoxy groups -OCH3 is 1. The highest BCUT2D eigenvalue weighted by Crippen LogP contribution is 2.30. The van der Waals surface area contributed by atoms with Gasteiger partial charge in [0.05, 0.1) is 12.1 Å². The molecule has 184 valence electrons. The number of benzene rings is 2. The third-order valence-corrected chi connectivity index (χ3v) is 6.24. The Hall–Kier alpha value is -4.37. The Morgan fingerprint density at radius 1 is 1.11 bits per heavy atom. The first-order valence-electron chi connectivity index (χ1n) is 11.8. The molecule has 0 fully saturated rings. The van der Waals surface area contributed by atoms with Crippen molar-refractivity contribution < 1.29 is 9.53 Å². The SMILES string of the molecule is CCN(CC(NC(=O)c1ccc2[nH]c(-c3cc(N)nc4nc(C)[nH]c34)cc2c1)OC)c1ccccc1. The van der Waals surface area contributed by atoms with Crippen LogP contribution in [-0.2, 0) is 4.74 Å². The molecule has 0 radical (unpaired) electrons. The highest BCUT2D eigenvalue weighted by molar-refractivity contribution is 6.00. The van der Waals surface area contributed by atoms with E-state index in [-0.39, 0.29) is 5.91 Å². The van der Waals surface area contributed by atoms with Crippen LogP contribution in [0.4, 0.5) is 11.5 Å². The number of H-pyrrole nitrogens is 2. The number of likely N-dealkylation sites (N-methyl/N-ethyl adjacent to an activating group) is 1. The van der Waals surface area contributed by atoms with Gasteiger partial charge in [-0.25, -0.2) is 9.97 Å². The number of carbonyl (C=O) groups is 1. The number of nitrogens with one attached hydrogen (secondary N) is 3. The van der Waals surface area contributed by atoms with Gasteiger partial charge < -0.3 is 30.7 Å². The monoisotopic (exact) mass is 483 g/mol. The second kappa shape index (κ2) is 9.71. The maximum absolute atomic E-state index is 13.1. The minimum atomic E-state index is -0.466. The molecule has 0 aliphatic carbocycles. The van der Waals surface area contributed by atoms with Crippen LogP contribution in [0, 0.1) is 6.92 Å². The second-order valence-electron chi connectivity index (χ2n) is 8.67. The Bertz CT molecular complexity index is 1520. The van der Waals surface area contributed by atoms with Gasteiger partial charge in [-0.15, -0.1) is 0 Å². The number of aromatic amines is 2. The number of rotatable bonds is 8. The van der Waals surface area contributed by atoms with E-state index < -0.39 is 6.23 Å².